The molecule has 2 saturated carbocycles. The Hall–Kier alpha value is -0.120. The number of hydrogen-bond donors (Lipinski definition) is 3. The summed E-state index contributed by atoms with van der Waals surface area (Å²) in [6.07, 6.45) is -0.182. The van der Waals surface area contributed by atoms with Crippen molar-refractivity contribution >= 4 is 0 Å². The minimum atomic E-state index is -0.659. The van der Waals surface area contributed by atoms with Crippen molar-refractivity contribution in [2.45, 2.75) is 24.7 Å². The van der Waals surface area contributed by atoms with Gasteiger partial charge in [0.15, 0.2) is 0 Å². The summed E-state index contributed by atoms with van der Waals surface area (Å²) in [6.45, 7) is 0. The molecule has 0 aromatic rings. The van der Waals surface area contributed by atoms with Crippen LogP contribution in [0.2, 0.25) is 0 Å². The third-order valence-corrected chi connectivity index (χ3v) is 2.57. The second-order valence-electron chi connectivity index (χ2n) is 3.12. The van der Waals surface area contributed by atoms with Crippen molar-refractivity contribution < 1.29 is 10.2 Å². The Morgan fingerprint density at radius 3 is 2.00 bits per heavy atom. The molecule has 3 nitrogen and oxygen atoms in total. The molecule has 2 aliphatic rings. The Bertz CT molecular complexity index is 121. The SMILES string of the molecule is N[C@H]1[C@H](O)[C@H](O)[C@@H]2C[C@H]12. The van der Waals surface area contributed by atoms with Crippen LogP contribution in [-0.4, -0.2) is 28.5 Å². The minimum Gasteiger partial charge on any atom is -0.390 e. The number of aliphatic hydroxyl groups excluding tert-OH is 2. The van der Waals surface area contributed by atoms with E-state index in [1.54, 1.807) is 0 Å². The number of rotatable bonds is 0. The highest BCUT2D eigenvalue weighted by Crippen LogP contribution is 2.50. The van der Waals surface area contributed by atoms with Crippen molar-refractivity contribution in [3.63, 3.8) is 0 Å². The molecule has 0 spiro atoms. The molecule has 2 aliphatic carbocycles. The van der Waals surface area contributed by atoms with Crippen LogP contribution in [0.15, 0.2) is 0 Å². The Balaban J connectivity index is 2.14. The highest BCUT2D eigenvalue weighted by Gasteiger charge is 2.57. The molecule has 0 bridgehead atoms. The van der Waals surface area contributed by atoms with Gasteiger partial charge in [-0.2, -0.15) is 0 Å². The van der Waals surface area contributed by atoms with E-state index in [9.17, 15) is 0 Å². The summed E-state index contributed by atoms with van der Waals surface area (Å²) in [5.74, 6) is 0.727. The predicted octanol–water partition coefficient (Wildman–Crippen LogP) is -1.31. The van der Waals surface area contributed by atoms with Crippen molar-refractivity contribution in [3.05, 3.63) is 0 Å². The molecule has 52 valence electrons. The van der Waals surface area contributed by atoms with Crippen molar-refractivity contribution in [1.29, 1.82) is 0 Å². The van der Waals surface area contributed by atoms with E-state index in [1.807, 2.05) is 0 Å². The summed E-state index contributed by atoms with van der Waals surface area (Å²) in [4.78, 5) is 0. The van der Waals surface area contributed by atoms with Gasteiger partial charge in [0.25, 0.3) is 0 Å². The van der Waals surface area contributed by atoms with Crippen LogP contribution in [0.4, 0.5) is 0 Å². The first-order valence-corrected chi connectivity index (χ1v) is 3.33. The lowest BCUT2D eigenvalue weighted by Crippen LogP contribution is -2.39. The largest absolute Gasteiger partial charge is 0.390 e. The Labute approximate surface area is 53.5 Å². The van der Waals surface area contributed by atoms with Crippen LogP contribution in [0, 0.1) is 11.8 Å². The fourth-order valence-corrected chi connectivity index (χ4v) is 1.81. The highest BCUT2D eigenvalue weighted by molar-refractivity contribution is 5.10. The van der Waals surface area contributed by atoms with Crippen molar-refractivity contribution in [2.75, 3.05) is 0 Å². The molecular formula is C6H11NO2. The van der Waals surface area contributed by atoms with Gasteiger partial charge in [-0.25, -0.2) is 0 Å². The number of fused-ring (bicyclic) bond motifs is 1. The molecule has 0 amide bonds. The van der Waals surface area contributed by atoms with Gasteiger partial charge in [0.1, 0.15) is 0 Å². The quantitative estimate of drug-likeness (QED) is 0.380. The van der Waals surface area contributed by atoms with E-state index in [2.05, 4.69) is 0 Å². The average Bonchev–Trinajstić information content (AvgIpc) is 2.56. The van der Waals surface area contributed by atoms with Gasteiger partial charge in [-0.15, -0.1) is 0 Å². The van der Waals surface area contributed by atoms with Gasteiger partial charge in [-0.05, 0) is 18.3 Å². The van der Waals surface area contributed by atoms with Crippen molar-refractivity contribution in [3.8, 4) is 0 Å². The van der Waals surface area contributed by atoms with Gasteiger partial charge in [0.05, 0.1) is 12.2 Å². The first-order valence-electron chi connectivity index (χ1n) is 3.33. The van der Waals surface area contributed by atoms with Gasteiger partial charge in [-0.3, -0.25) is 0 Å². The van der Waals surface area contributed by atoms with E-state index >= 15 is 0 Å². The van der Waals surface area contributed by atoms with E-state index in [-0.39, 0.29) is 6.04 Å². The smallest absolute Gasteiger partial charge is 0.0955 e. The fourth-order valence-electron chi connectivity index (χ4n) is 1.81. The van der Waals surface area contributed by atoms with Crippen LogP contribution in [0.1, 0.15) is 6.42 Å². The molecule has 2 rings (SSSR count). The summed E-state index contributed by atoms with van der Waals surface area (Å²) in [6, 6.07) is -0.162. The summed E-state index contributed by atoms with van der Waals surface area (Å²) < 4.78 is 0. The first kappa shape index (κ1) is 5.65. The van der Waals surface area contributed by atoms with Gasteiger partial charge >= 0.3 is 0 Å². The van der Waals surface area contributed by atoms with E-state index in [0.29, 0.717) is 11.8 Å². The third kappa shape index (κ3) is 0.569. The Kier molecular flexibility index (Phi) is 0.928. The van der Waals surface area contributed by atoms with Gasteiger partial charge in [-0.1, -0.05) is 0 Å². The van der Waals surface area contributed by atoms with Crippen LogP contribution < -0.4 is 5.73 Å². The summed E-state index contributed by atoms with van der Waals surface area (Å²) in [5, 5.41) is 18.2. The molecule has 0 aliphatic heterocycles. The predicted molar refractivity (Wildman–Crippen MR) is 31.6 cm³/mol. The topological polar surface area (TPSA) is 66.5 Å². The van der Waals surface area contributed by atoms with Crippen LogP contribution in [0.5, 0.6) is 0 Å². The lowest BCUT2D eigenvalue weighted by molar-refractivity contribution is 0.0171. The number of aliphatic hydroxyl groups is 2. The van der Waals surface area contributed by atoms with E-state index in [0.717, 1.165) is 6.42 Å². The molecule has 0 radical (unpaired) electrons. The number of hydrogen-bond acceptors (Lipinski definition) is 3. The van der Waals surface area contributed by atoms with E-state index in [4.69, 9.17) is 15.9 Å². The molecule has 0 heterocycles. The van der Waals surface area contributed by atoms with Crippen LogP contribution in [-0.2, 0) is 0 Å². The second kappa shape index (κ2) is 1.48. The molecular weight excluding hydrogens is 118 g/mol. The third-order valence-electron chi connectivity index (χ3n) is 2.57. The lowest BCUT2D eigenvalue weighted by atomic mass is 10.1. The van der Waals surface area contributed by atoms with Gasteiger partial charge in [0, 0.05) is 6.04 Å². The molecule has 4 N–H and O–H groups in total. The Morgan fingerprint density at radius 1 is 1.11 bits per heavy atom. The maximum atomic E-state index is 9.15. The molecule has 3 heteroatoms. The van der Waals surface area contributed by atoms with Crippen LogP contribution in [0.25, 0.3) is 0 Å². The molecule has 9 heavy (non-hydrogen) atoms. The molecule has 2 fully saturated rings. The summed E-state index contributed by atoms with van der Waals surface area (Å²) in [5.41, 5.74) is 5.54. The molecule has 0 aromatic heterocycles. The molecule has 0 aromatic carbocycles. The normalized spacial score (nSPS) is 63.7. The van der Waals surface area contributed by atoms with Gasteiger partial charge < -0.3 is 15.9 Å². The molecule has 0 saturated heterocycles. The zero-order valence-electron chi connectivity index (χ0n) is 5.07. The zero-order valence-corrected chi connectivity index (χ0v) is 5.07. The van der Waals surface area contributed by atoms with E-state index < -0.39 is 12.2 Å². The Morgan fingerprint density at radius 2 is 1.78 bits per heavy atom. The first-order chi connectivity index (χ1) is 4.22. The van der Waals surface area contributed by atoms with Gasteiger partial charge in [0.2, 0.25) is 0 Å². The monoisotopic (exact) mass is 129 g/mol. The average molecular weight is 129 g/mol. The fraction of sp³-hybridized carbons (Fsp3) is 1.00. The molecule has 5 atom stereocenters. The van der Waals surface area contributed by atoms with Crippen molar-refractivity contribution in [2.24, 2.45) is 17.6 Å². The summed E-state index contributed by atoms with van der Waals surface area (Å²) in [7, 11) is 0. The van der Waals surface area contributed by atoms with E-state index in [1.165, 1.54) is 0 Å². The maximum absolute atomic E-state index is 9.15. The lowest BCUT2D eigenvalue weighted by Gasteiger charge is -2.15. The highest BCUT2D eigenvalue weighted by atomic mass is 16.3. The maximum Gasteiger partial charge on any atom is 0.0955 e. The standard InChI is InChI=1S/C6H11NO2/c7-4-2-1-3(2)5(8)6(4)9/h2-6,8-9H,1,7H2/t2-,3+,4+,5+,6-/m0/s1. The minimum absolute atomic E-state index is 0.162. The van der Waals surface area contributed by atoms with Crippen molar-refractivity contribution in [1.82, 2.24) is 0 Å². The van der Waals surface area contributed by atoms with Crippen LogP contribution >= 0.6 is 0 Å². The van der Waals surface area contributed by atoms with Crippen LogP contribution in [0.3, 0.4) is 0 Å². The summed E-state index contributed by atoms with van der Waals surface area (Å²) >= 11 is 0. The molecule has 0 unspecified atom stereocenters. The second-order valence-corrected chi connectivity index (χ2v) is 3.12. The number of nitrogens with two attached hydrogens (primary N) is 1. The zero-order chi connectivity index (χ0) is 6.59.